The zero-order valence-electron chi connectivity index (χ0n) is 19.5. The predicted molar refractivity (Wildman–Crippen MR) is 133 cm³/mol. The van der Waals surface area contributed by atoms with Gasteiger partial charge in [0.1, 0.15) is 6.04 Å². The molecule has 0 heterocycles. The topological polar surface area (TPSA) is 180 Å². The summed E-state index contributed by atoms with van der Waals surface area (Å²) < 4.78 is 0. The van der Waals surface area contributed by atoms with Crippen molar-refractivity contribution in [2.45, 2.75) is 70.4 Å². The summed E-state index contributed by atoms with van der Waals surface area (Å²) in [6, 6.07) is 7.21. The summed E-state index contributed by atoms with van der Waals surface area (Å²) in [6.07, 6.45) is 8.37. The first-order valence-corrected chi connectivity index (χ1v) is 12.6. The molecule has 1 atom stereocenters. The first kappa shape index (κ1) is 29.2. The molecule has 0 aliphatic carbocycles. The second-order valence-corrected chi connectivity index (χ2v) is 9.02. The molecule has 0 fully saturated rings. The Bertz CT molecular complexity index is 802. The van der Waals surface area contributed by atoms with E-state index in [9.17, 15) is 14.4 Å². The van der Waals surface area contributed by atoms with Crippen LogP contribution in [0.25, 0.3) is 0 Å². The number of aliphatic carboxylic acids is 1. The van der Waals surface area contributed by atoms with Gasteiger partial charge >= 0.3 is 5.97 Å². The highest BCUT2D eigenvalue weighted by Gasteiger charge is 2.20. The van der Waals surface area contributed by atoms with E-state index >= 15 is 0 Å². The summed E-state index contributed by atoms with van der Waals surface area (Å²) in [5.41, 5.74) is 14.8. The largest absolute Gasteiger partial charge is 0.481 e. The number of aryl methyl sites for hydroxylation is 1. The number of nitrogens with zero attached hydrogens (tertiary/aromatic N) is 1. The molecule has 1 aromatic carbocycles. The number of carbonyl (C=O) groups excluding carboxylic acids is 2. The van der Waals surface area contributed by atoms with Crippen LogP contribution in [0.4, 0.5) is 0 Å². The first-order chi connectivity index (χ1) is 16.3. The fraction of sp³-hybridized carbons (Fsp3) is 0.565. The smallest absolute Gasteiger partial charge is 0.313 e. The van der Waals surface area contributed by atoms with Crippen molar-refractivity contribution in [3.8, 4) is 0 Å². The lowest BCUT2D eigenvalue weighted by molar-refractivity contribution is -0.134. The maximum atomic E-state index is 12.1. The number of hydroxylamine groups is 1. The Morgan fingerprint density at radius 3 is 2.21 bits per heavy atom. The SMILES string of the molecule is NC(N)=NCc1ccccc1CCCCCCCCCC(=O)NC(CSCC(=O)O)C(=O)NO. The van der Waals surface area contributed by atoms with Crippen molar-refractivity contribution in [1.29, 1.82) is 0 Å². The fourth-order valence-corrected chi connectivity index (χ4v) is 4.17. The van der Waals surface area contributed by atoms with Gasteiger partial charge in [-0.2, -0.15) is 0 Å². The Hall–Kier alpha value is -2.79. The minimum absolute atomic E-state index is 0.0726. The average molecular weight is 496 g/mol. The van der Waals surface area contributed by atoms with Crippen LogP contribution in [0.3, 0.4) is 0 Å². The Labute approximate surface area is 204 Å². The number of hydrogen-bond donors (Lipinski definition) is 6. The molecular formula is C23H37N5O5S. The number of carbonyl (C=O) groups is 3. The number of unbranched alkanes of at least 4 members (excludes halogenated alkanes) is 6. The van der Waals surface area contributed by atoms with Crippen molar-refractivity contribution in [1.82, 2.24) is 10.8 Å². The summed E-state index contributed by atoms with van der Waals surface area (Å²) in [5, 5.41) is 20.0. The molecule has 11 heteroatoms. The van der Waals surface area contributed by atoms with Crippen molar-refractivity contribution in [2.75, 3.05) is 11.5 Å². The normalized spacial score (nSPS) is 11.4. The number of guanidine groups is 1. The number of nitrogens with two attached hydrogens (primary N) is 2. The molecule has 34 heavy (non-hydrogen) atoms. The number of benzene rings is 1. The van der Waals surface area contributed by atoms with Gasteiger partial charge in [0, 0.05) is 12.2 Å². The summed E-state index contributed by atoms with van der Waals surface area (Å²) in [5.74, 6) is -2.07. The molecule has 2 amide bonds. The third kappa shape index (κ3) is 13.7. The molecule has 0 radical (unpaired) electrons. The summed E-state index contributed by atoms with van der Waals surface area (Å²) >= 11 is 0.997. The quantitative estimate of drug-likeness (QED) is 0.0587. The molecule has 1 unspecified atom stereocenters. The van der Waals surface area contributed by atoms with E-state index in [0.717, 1.165) is 62.3 Å². The lowest BCUT2D eigenvalue weighted by atomic mass is 10.00. The number of amides is 2. The average Bonchev–Trinajstić information content (AvgIpc) is 2.80. The minimum Gasteiger partial charge on any atom is -0.481 e. The number of aliphatic imine (C=N–C) groups is 1. The van der Waals surface area contributed by atoms with Crippen LogP contribution < -0.4 is 22.3 Å². The molecule has 0 saturated carbocycles. The summed E-state index contributed by atoms with van der Waals surface area (Å²) in [7, 11) is 0. The van der Waals surface area contributed by atoms with E-state index in [2.05, 4.69) is 16.4 Å². The van der Waals surface area contributed by atoms with E-state index in [0.29, 0.717) is 13.0 Å². The van der Waals surface area contributed by atoms with Gasteiger partial charge in [0.05, 0.1) is 12.3 Å². The molecule has 190 valence electrons. The third-order valence-electron chi connectivity index (χ3n) is 5.17. The molecule has 0 spiro atoms. The molecule has 10 nitrogen and oxygen atoms in total. The number of carboxylic acid groups (broad SMARTS) is 1. The highest BCUT2D eigenvalue weighted by Crippen LogP contribution is 2.15. The summed E-state index contributed by atoms with van der Waals surface area (Å²) in [4.78, 5) is 38.4. The van der Waals surface area contributed by atoms with Crippen molar-refractivity contribution in [2.24, 2.45) is 16.5 Å². The minimum atomic E-state index is -1.01. The standard InChI is InChI=1S/C23H37N5O5S/c24-23(25)26-14-18-12-9-8-11-17(18)10-6-4-2-1-3-5-7-13-20(29)27-19(22(32)28-33)15-34-16-21(30)31/h8-9,11-12,19,33H,1-7,10,13-16H2,(H,27,29)(H,28,32)(H,30,31)(H4,24,25,26). The van der Waals surface area contributed by atoms with Crippen LogP contribution in [-0.2, 0) is 27.3 Å². The number of rotatable bonds is 18. The zero-order chi connectivity index (χ0) is 25.2. The second-order valence-electron chi connectivity index (χ2n) is 7.99. The number of carboxylic acids is 1. The van der Waals surface area contributed by atoms with E-state index in [1.165, 1.54) is 11.0 Å². The molecule has 0 saturated heterocycles. The molecule has 8 N–H and O–H groups in total. The van der Waals surface area contributed by atoms with Gasteiger partial charge in [-0.3, -0.25) is 19.6 Å². The molecule has 0 bridgehead atoms. The monoisotopic (exact) mass is 495 g/mol. The van der Waals surface area contributed by atoms with Crippen LogP contribution in [-0.4, -0.2) is 51.6 Å². The molecule has 1 rings (SSSR count). The van der Waals surface area contributed by atoms with Crippen molar-refractivity contribution in [3.05, 3.63) is 35.4 Å². The second kappa shape index (κ2) is 17.7. The van der Waals surface area contributed by atoms with Crippen LogP contribution in [0.15, 0.2) is 29.3 Å². The Morgan fingerprint density at radius 2 is 1.59 bits per heavy atom. The van der Waals surface area contributed by atoms with Crippen LogP contribution >= 0.6 is 11.8 Å². The van der Waals surface area contributed by atoms with Gasteiger partial charge in [-0.05, 0) is 30.4 Å². The molecule has 0 aromatic heterocycles. The Morgan fingerprint density at radius 1 is 0.971 bits per heavy atom. The number of hydrogen-bond acceptors (Lipinski definition) is 6. The van der Waals surface area contributed by atoms with Crippen LogP contribution in [0, 0.1) is 0 Å². The zero-order valence-corrected chi connectivity index (χ0v) is 20.3. The van der Waals surface area contributed by atoms with Gasteiger partial charge in [-0.1, -0.05) is 56.4 Å². The van der Waals surface area contributed by atoms with Gasteiger partial charge in [-0.25, -0.2) is 10.5 Å². The van der Waals surface area contributed by atoms with E-state index in [1.807, 2.05) is 18.2 Å². The predicted octanol–water partition coefficient (Wildman–Crippen LogP) is 1.93. The van der Waals surface area contributed by atoms with Crippen molar-refractivity contribution in [3.63, 3.8) is 0 Å². The number of nitrogens with one attached hydrogen (secondary N) is 2. The lowest BCUT2D eigenvalue weighted by Gasteiger charge is -2.16. The van der Waals surface area contributed by atoms with E-state index in [1.54, 1.807) is 0 Å². The van der Waals surface area contributed by atoms with Gasteiger partial charge in [0.15, 0.2) is 5.96 Å². The van der Waals surface area contributed by atoms with Crippen molar-refractivity contribution >= 4 is 35.5 Å². The van der Waals surface area contributed by atoms with Crippen molar-refractivity contribution < 1.29 is 24.7 Å². The van der Waals surface area contributed by atoms with Crippen LogP contribution in [0.1, 0.15) is 62.5 Å². The van der Waals surface area contributed by atoms with Gasteiger partial charge < -0.3 is 21.9 Å². The van der Waals surface area contributed by atoms with E-state index in [-0.39, 0.29) is 29.8 Å². The molecule has 0 aliphatic rings. The Balaban J connectivity index is 2.16. The van der Waals surface area contributed by atoms with Crippen LogP contribution in [0.2, 0.25) is 0 Å². The van der Waals surface area contributed by atoms with Crippen LogP contribution in [0.5, 0.6) is 0 Å². The Kier molecular flexibility index (Phi) is 15.2. The van der Waals surface area contributed by atoms with Gasteiger partial charge in [-0.15, -0.1) is 11.8 Å². The van der Waals surface area contributed by atoms with E-state index < -0.39 is 17.9 Å². The molecule has 1 aromatic rings. The number of thioether (sulfide) groups is 1. The first-order valence-electron chi connectivity index (χ1n) is 11.5. The lowest BCUT2D eigenvalue weighted by Crippen LogP contribution is -2.47. The maximum absolute atomic E-state index is 12.1. The van der Waals surface area contributed by atoms with Gasteiger partial charge in [0.2, 0.25) is 5.91 Å². The highest BCUT2D eigenvalue weighted by molar-refractivity contribution is 8.00. The van der Waals surface area contributed by atoms with E-state index in [4.69, 9.17) is 21.8 Å². The van der Waals surface area contributed by atoms with Gasteiger partial charge in [0.25, 0.3) is 5.91 Å². The maximum Gasteiger partial charge on any atom is 0.313 e. The summed E-state index contributed by atoms with van der Waals surface area (Å²) in [6.45, 7) is 0.499. The third-order valence-corrected chi connectivity index (χ3v) is 6.19. The fourth-order valence-electron chi connectivity index (χ4n) is 3.41. The molecule has 0 aliphatic heterocycles. The highest BCUT2D eigenvalue weighted by atomic mass is 32.2. The molecular weight excluding hydrogens is 458 g/mol.